The lowest BCUT2D eigenvalue weighted by Crippen LogP contribution is -2.28. The highest BCUT2D eigenvalue weighted by atomic mass is 31.2. The summed E-state index contributed by atoms with van der Waals surface area (Å²) >= 11 is 0. The van der Waals surface area contributed by atoms with Crippen molar-refractivity contribution >= 4 is 13.8 Å². The fourth-order valence-electron chi connectivity index (χ4n) is 7.35. The molecule has 2 unspecified atom stereocenters. The molecule has 0 rings (SSSR count). The van der Waals surface area contributed by atoms with Crippen LogP contribution in [0.1, 0.15) is 232 Å². The molecular formula is C57H102NO7P. The maximum absolute atomic E-state index is 12.7. The van der Waals surface area contributed by atoms with Crippen molar-refractivity contribution in [3.8, 4) is 0 Å². The van der Waals surface area contributed by atoms with Crippen LogP contribution in [0.5, 0.6) is 0 Å². The molecule has 0 heterocycles. The molecule has 0 aromatic rings. The third kappa shape index (κ3) is 52.6. The molecule has 0 spiro atoms. The maximum atomic E-state index is 12.7. The second-order valence-electron chi connectivity index (χ2n) is 17.7. The minimum absolute atomic E-state index is 0.0938. The van der Waals surface area contributed by atoms with E-state index >= 15 is 0 Å². The van der Waals surface area contributed by atoms with Gasteiger partial charge >= 0.3 is 13.8 Å². The molecule has 0 fully saturated rings. The Kier molecular flexibility index (Phi) is 51.7. The summed E-state index contributed by atoms with van der Waals surface area (Å²) in [6.07, 6.45) is 70.5. The van der Waals surface area contributed by atoms with Gasteiger partial charge < -0.3 is 20.1 Å². The SMILES string of the molecule is CC/C=C\C/C=C\C/C=C\C/C=C\C/C=C\CCCCCCCCOCC(COP(=O)(O)OCCN)OC(=O)CCCCCCCCCCCCCCC/C=C\C/C=C\CCCCCCC. The molecule has 382 valence electrons. The van der Waals surface area contributed by atoms with E-state index in [0.717, 1.165) is 83.5 Å². The van der Waals surface area contributed by atoms with Crippen molar-refractivity contribution in [3.63, 3.8) is 0 Å². The second-order valence-corrected chi connectivity index (χ2v) is 19.2. The number of carbonyl (C=O) groups excluding carboxylic acids is 1. The van der Waals surface area contributed by atoms with E-state index in [1.54, 1.807) is 0 Å². The Morgan fingerprint density at radius 1 is 0.470 bits per heavy atom. The zero-order chi connectivity index (χ0) is 48.0. The monoisotopic (exact) mass is 944 g/mol. The summed E-state index contributed by atoms with van der Waals surface area (Å²) in [6, 6.07) is 0. The predicted molar refractivity (Wildman–Crippen MR) is 284 cm³/mol. The van der Waals surface area contributed by atoms with Gasteiger partial charge in [-0.15, -0.1) is 0 Å². The molecule has 0 bridgehead atoms. The van der Waals surface area contributed by atoms with E-state index in [2.05, 4.69) is 98.9 Å². The first-order valence-electron chi connectivity index (χ1n) is 27.1. The van der Waals surface area contributed by atoms with Gasteiger partial charge in [-0.3, -0.25) is 13.8 Å². The molecule has 0 saturated heterocycles. The Morgan fingerprint density at radius 2 is 0.848 bits per heavy atom. The second kappa shape index (κ2) is 53.6. The van der Waals surface area contributed by atoms with Crippen molar-refractivity contribution in [1.29, 1.82) is 0 Å². The van der Waals surface area contributed by atoms with E-state index in [9.17, 15) is 14.3 Å². The summed E-state index contributed by atoms with van der Waals surface area (Å²) in [7, 11) is -4.29. The number of hydrogen-bond acceptors (Lipinski definition) is 7. The number of nitrogens with two attached hydrogens (primary N) is 1. The molecule has 0 aromatic heterocycles. The van der Waals surface area contributed by atoms with Crippen LogP contribution < -0.4 is 5.73 Å². The number of phosphoric ester groups is 1. The average Bonchev–Trinajstić information content (AvgIpc) is 3.31. The summed E-state index contributed by atoms with van der Waals surface area (Å²) in [5.74, 6) is -0.338. The van der Waals surface area contributed by atoms with Crippen LogP contribution in [0.3, 0.4) is 0 Å². The van der Waals surface area contributed by atoms with Crippen LogP contribution in [0.15, 0.2) is 85.1 Å². The van der Waals surface area contributed by atoms with E-state index in [1.165, 1.54) is 128 Å². The van der Waals surface area contributed by atoms with Gasteiger partial charge in [-0.05, 0) is 89.9 Å². The number of carbonyl (C=O) groups is 1. The van der Waals surface area contributed by atoms with E-state index in [1.807, 2.05) is 0 Å². The van der Waals surface area contributed by atoms with Crippen molar-refractivity contribution in [2.45, 2.75) is 238 Å². The topological polar surface area (TPSA) is 117 Å². The lowest BCUT2D eigenvalue weighted by molar-refractivity contribution is -0.154. The van der Waals surface area contributed by atoms with E-state index < -0.39 is 13.9 Å². The Morgan fingerprint density at radius 3 is 1.27 bits per heavy atom. The number of esters is 1. The van der Waals surface area contributed by atoms with Crippen LogP contribution in [0.25, 0.3) is 0 Å². The van der Waals surface area contributed by atoms with Gasteiger partial charge in [0, 0.05) is 19.6 Å². The lowest BCUT2D eigenvalue weighted by atomic mass is 10.0. The van der Waals surface area contributed by atoms with E-state index in [0.29, 0.717) is 13.0 Å². The van der Waals surface area contributed by atoms with Crippen LogP contribution in [0.4, 0.5) is 0 Å². The number of rotatable bonds is 51. The van der Waals surface area contributed by atoms with Crippen molar-refractivity contribution in [2.24, 2.45) is 5.73 Å². The zero-order valence-corrected chi connectivity index (χ0v) is 43.6. The highest BCUT2D eigenvalue weighted by Gasteiger charge is 2.25. The number of unbranched alkanes of at least 4 members (excludes halogenated alkanes) is 24. The van der Waals surface area contributed by atoms with Crippen LogP contribution in [-0.2, 0) is 27.9 Å². The van der Waals surface area contributed by atoms with Gasteiger partial charge in [-0.25, -0.2) is 4.57 Å². The molecule has 0 aliphatic heterocycles. The molecule has 0 aromatic carbocycles. The van der Waals surface area contributed by atoms with Gasteiger partial charge in [0.2, 0.25) is 0 Å². The molecule has 0 saturated carbocycles. The van der Waals surface area contributed by atoms with Gasteiger partial charge in [0.1, 0.15) is 6.10 Å². The number of ether oxygens (including phenoxy) is 2. The summed E-state index contributed by atoms with van der Waals surface area (Å²) in [5, 5.41) is 0. The third-order valence-electron chi connectivity index (χ3n) is 11.3. The smallest absolute Gasteiger partial charge is 0.457 e. The van der Waals surface area contributed by atoms with Gasteiger partial charge in [-0.1, -0.05) is 221 Å². The third-order valence-corrected chi connectivity index (χ3v) is 12.3. The Balaban J connectivity index is 3.96. The van der Waals surface area contributed by atoms with Crippen molar-refractivity contribution in [3.05, 3.63) is 85.1 Å². The van der Waals surface area contributed by atoms with Crippen molar-refractivity contribution < 1.29 is 32.8 Å². The summed E-state index contributed by atoms with van der Waals surface area (Å²) in [5.41, 5.74) is 5.40. The van der Waals surface area contributed by atoms with Gasteiger partial charge in [0.15, 0.2) is 0 Å². The Hall–Kier alpha value is -2.32. The standard InChI is InChI=1S/C57H102NO7P/c1-3-5-7-9-11-13-15-17-19-21-23-25-27-28-29-30-32-34-36-38-40-42-44-46-48-50-57(59)65-56(55-64-66(60,61)63-53-51-58)54-62-52-49-47-45-43-41-39-37-35-33-31-26-24-22-20-18-16-14-12-10-8-6-4-2/h6,8,12,14-15,17-18,20-21,23-24,26,33,35,56H,3-5,7,9-11,13,16,19,22,25,27-32,34,36-55,58H2,1-2H3,(H,60,61)/b8-6-,14-12-,17-15-,20-18-,23-21-,26-24-,35-33-. The normalized spacial score (nSPS) is 13.9. The highest BCUT2D eigenvalue weighted by Crippen LogP contribution is 2.43. The molecular weight excluding hydrogens is 842 g/mol. The van der Waals surface area contributed by atoms with E-state index in [-0.39, 0.29) is 32.3 Å². The fourth-order valence-corrected chi connectivity index (χ4v) is 8.11. The molecule has 0 amide bonds. The molecule has 66 heavy (non-hydrogen) atoms. The largest absolute Gasteiger partial charge is 0.472 e. The number of allylic oxidation sites excluding steroid dienone is 14. The average molecular weight is 944 g/mol. The first-order valence-corrected chi connectivity index (χ1v) is 28.6. The molecule has 0 aliphatic carbocycles. The zero-order valence-electron chi connectivity index (χ0n) is 42.7. The molecule has 9 heteroatoms. The molecule has 8 nitrogen and oxygen atoms in total. The Bertz CT molecular complexity index is 1290. The maximum Gasteiger partial charge on any atom is 0.472 e. The number of hydrogen-bond donors (Lipinski definition) is 2. The predicted octanol–water partition coefficient (Wildman–Crippen LogP) is 17.2. The lowest BCUT2D eigenvalue weighted by Gasteiger charge is -2.20. The molecule has 0 aliphatic rings. The quantitative estimate of drug-likeness (QED) is 0.0268. The van der Waals surface area contributed by atoms with Gasteiger partial charge in [0.05, 0.1) is 19.8 Å². The summed E-state index contributed by atoms with van der Waals surface area (Å²) in [4.78, 5) is 22.6. The van der Waals surface area contributed by atoms with E-state index in [4.69, 9.17) is 24.3 Å². The van der Waals surface area contributed by atoms with Crippen LogP contribution in [0.2, 0.25) is 0 Å². The van der Waals surface area contributed by atoms with Gasteiger partial charge in [0.25, 0.3) is 0 Å². The molecule has 0 radical (unpaired) electrons. The highest BCUT2D eigenvalue weighted by molar-refractivity contribution is 7.47. The summed E-state index contributed by atoms with van der Waals surface area (Å²) < 4.78 is 33.6. The molecule has 2 atom stereocenters. The summed E-state index contributed by atoms with van der Waals surface area (Å²) in [6.45, 7) is 4.77. The first kappa shape index (κ1) is 63.7. The van der Waals surface area contributed by atoms with Crippen LogP contribution in [0, 0.1) is 0 Å². The minimum atomic E-state index is -4.29. The van der Waals surface area contributed by atoms with Crippen LogP contribution in [-0.4, -0.2) is 49.9 Å². The first-order chi connectivity index (χ1) is 32.4. The number of phosphoric acid groups is 1. The van der Waals surface area contributed by atoms with Crippen molar-refractivity contribution in [2.75, 3.05) is 33.0 Å². The minimum Gasteiger partial charge on any atom is -0.457 e. The van der Waals surface area contributed by atoms with Crippen molar-refractivity contribution in [1.82, 2.24) is 0 Å². The molecule has 3 N–H and O–H groups in total. The fraction of sp³-hybridized carbons (Fsp3) is 0.737. The van der Waals surface area contributed by atoms with Crippen LogP contribution >= 0.6 is 7.82 Å². The Labute approximate surface area is 407 Å². The van der Waals surface area contributed by atoms with Gasteiger partial charge in [-0.2, -0.15) is 0 Å².